The molecule has 1 aliphatic heterocycles. The van der Waals surface area contributed by atoms with Crippen molar-refractivity contribution in [1.82, 2.24) is 4.90 Å². The number of hydrogen-bond donors (Lipinski definition) is 0. The zero-order valence-electron chi connectivity index (χ0n) is 10.2. The number of hydrogen-bond acceptors (Lipinski definition) is 3. The summed E-state index contributed by atoms with van der Waals surface area (Å²) in [7, 11) is 2.15. The molecule has 1 atom stereocenters. The average Bonchev–Trinajstić information content (AvgIpc) is 2.29. The van der Waals surface area contributed by atoms with Crippen molar-refractivity contribution in [2.45, 2.75) is 13.0 Å². The largest absolute Gasteiger partial charge is 0.366 e. The maximum absolute atomic E-state index is 10.8. The Balaban J connectivity index is 2.22. The summed E-state index contributed by atoms with van der Waals surface area (Å²) in [4.78, 5) is 15.5. The van der Waals surface area contributed by atoms with Gasteiger partial charge in [0.15, 0.2) is 6.29 Å². The van der Waals surface area contributed by atoms with Gasteiger partial charge in [0, 0.05) is 41.4 Å². The van der Waals surface area contributed by atoms with Gasteiger partial charge in [-0.1, -0.05) is 0 Å². The van der Waals surface area contributed by atoms with Crippen molar-refractivity contribution in [1.29, 1.82) is 0 Å². The predicted octanol–water partition coefficient (Wildman–Crippen LogP) is 2.40. The Kier molecular flexibility index (Phi) is 3.84. The molecule has 1 unspecified atom stereocenters. The van der Waals surface area contributed by atoms with Crippen LogP contribution in [0.25, 0.3) is 0 Å². The van der Waals surface area contributed by atoms with Gasteiger partial charge in [-0.2, -0.15) is 0 Å². The second-order valence-electron chi connectivity index (χ2n) is 4.63. The smallest absolute Gasteiger partial charge is 0.151 e. The summed E-state index contributed by atoms with van der Waals surface area (Å²) in [5.41, 5.74) is 1.89. The summed E-state index contributed by atoms with van der Waals surface area (Å²) >= 11 is 3.44. The first-order valence-electron chi connectivity index (χ1n) is 5.81. The number of nitrogens with zero attached hydrogens (tertiary/aromatic N) is 2. The Morgan fingerprint density at radius 3 is 2.76 bits per heavy atom. The third kappa shape index (κ3) is 2.69. The number of piperazine rings is 1. The summed E-state index contributed by atoms with van der Waals surface area (Å²) < 4.78 is 0.871. The minimum Gasteiger partial charge on any atom is -0.366 e. The van der Waals surface area contributed by atoms with E-state index in [1.165, 1.54) is 5.69 Å². The molecule has 1 heterocycles. The zero-order chi connectivity index (χ0) is 12.4. The number of carbonyl (C=O) groups is 1. The van der Waals surface area contributed by atoms with Crippen molar-refractivity contribution in [3.05, 3.63) is 28.2 Å². The van der Waals surface area contributed by atoms with Gasteiger partial charge < -0.3 is 9.80 Å². The van der Waals surface area contributed by atoms with E-state index in [-0.39, 0.29) is 0 Å². The molecule has 0 radical (unpaired) electrons. The number of rotatable bonds is 2. The zero-order valence-corrected chi connectivity index (χ0v) is 11.8. The second-order valence-corrected chi connectivity index (χ2v) is 5.48. The Hall–Kier alpha value is -0.870. The van der Waals surface area contributed by atoms with Crippen LogP contribution in [-0.4, -0.2) is 43.9 Å². The van der Waals surface area contributed by atoms with Gasteiger partial charge in [-0.3, -0.25) is 4.79 Å². The predicted molar refractivity (Wildman–Crippen MR) is 73.8 cm³/mol. The second kappa shape index (κ2) is 5.19. The van der Waals surface area contributed by atoms with E-state index >= 15 is 0 Å². The van der Waals surface area contributed by atoms with Gasteiger partial charge >= 0.3 is 0 Å². The normalized spacial score (nSPS) is 21.6. The maximum Gasteiger partial charge on any atom is 0.151 e. The van der Waals surface area contributed by atoms with Crippen molar-refractivity contribution in [3.8, 4) is 0 Å². The lowest BCUT2D eigenvalue weighted by Crippen LogP contribution is -2.50. The van der Waals surface area contributed by atoms with Gasteiger partial charge in [-0.15, -0.1) is 0 Å². The molecule has 0 aromatic heterocycles. The van der Waals surface area contributed by atoms with E-state index in [2.05, 4.69) is 39.7 Å². The minimum atomic E-state index is 0.503. The topological polar surface area (TPSA) is 23.6 Å². The lowest BCUT2D eigenvalue weighted by atomic mass is 10.1. The molecule has 0 amide bonds. The Bertz CT molecular complexity index is 422. The van der Waals surface area contributed by atoms with Gasteiger partial charge in [0.2, 0.25) is 0 Å². The third-order valence-electron chi connectivity index (χ3n) is 3.27. The van der Waals surface area contributed by atoms with E-state index in [0.29, 0.717) is 11.6 Å². The SMILES string of the molecule is CC1CN(C)CCN1c1ccc(C=O)c(Br)c1. The third-order valence-corrected chi connectivity index (χ3v) is 3.96. The van der Waals surface area contributed by atoms with Gasteiger partial charge in [0.1, 0.15) is 0 Å². The van der Waals surface area contributed by atoms with Crippen LogP contribution in [0.4, 0.5) is 5.69 Å². The summed E-state index contributed by atoms with van der Waals surface area (Å²) in [5, 5.41) is 0. The Labute approximate surface area is 111 Å². The fraction of sp³-hybridized carbons (Fsp3) is 0.462. The van der Waals surface area contributed by atoms with Crippen LogP contribution in [0.3, 0.4) is 0 Å². The molecule has 0 spiro atoms. The monoisotopic (exact) mass is 296 g/mol. The fourth-order valence-electron chi connectivity index (χ4n) is 2.31. The van der Waals surface area contributed by atoms with E-state index < -0.39 is 0 Å². The molecule has 17 heavy (non-hydrogen) atoms. The molecule has 1 aliphatic rings. The number of carbonyl (C=O) groups excluding carboxylic acids is 1. The first-order valence-corrected chi connectivity index (χ1v) is 6.61. The van der Waals surface area contributed by atoms with Crippen molar-refractivity contribution in [2.24, 2.45) is 0 Å². The van der Waals surface area contributed by atoms with Crippen LogP contribution in [0.2, 0.25) is 0 Å². The van der Waals surface area contributed by atoms with Crippen LogP contribution in [0, 0.1) is 0 Å². The molecular weight excluding hydrogens is 280 g/mol. The van der Waals surface area contributed by atoms with Crippen molar-refractivity contribution in [2.75, 3.05) is 31.6 Å². The van der Waals surface area contributed by atoms with Gasteiger partial charge in [-0.05, 0) is 48.1 Å². The number of anilines is 1. The summed E-state index contributed by atoms with van der Waals surface area (Å²) in [6.45, 7) is 5.42. The number of aldehydes is 1. The van der Waals surface area contributed by atoms with Gasteiger partial charge in [-0.25, -0.2) is 0 Å². The summed E-state index contributed by atoms with van der Waals surface area (Å²) in [6.07, 6.45) is 0.876. The fourth-order valence-corrected chi connectivity index (χ4v) is 2.77. The molecular formula is C13H17BrN2O. The average molecular weight is 297 g/mol. The van der Waals surface area contributed by atoms with Crippen molar-refractivity contribution < 1.29 is 4.79 Å². The number of benzene rings is 1. The Morgan fingerprint density at radius 2 is 2.18 bits per heavy atom. The summed E-state index contributed by atoms with van der Waals surface area (Å²) in [5.74, 6) is 0. The van der Waals surface area contributed by atoms with Crippen LogP contribution in [0.15, 0.2) is 22.7 Å². The van der Waals surface area contributed by atoms with Crippen LogP contribution < -0.4 is 4.90 Å². The molecule has 0 saturated carbocycles. The molecule has 1 fully saturated rings. The number of halogens is 1. The van der Waals surface area contributed by atoms with Crippen LogP contribution in [0.5, 0.6) is 0 Å². The molecule has 1 aromatic carbocycles. The quantitative estimate of drug-likeness (QED) is 0.783. The molecule has 0 bridgehead atoms. The van der Waals surface area contributed by atoms with E-state index in [0.717, 1.165) is 30.4 Å². The highest BCUT2D eigenvalue weighted by molar-refractivity contribution is 9.10. The Morgan fingerprint density at radius 1 is 1.41 bits per heavy atom. The highest BCUT2D eigenvalue weighted by Crippen LogP contribution is 2.25. The molecule has 1 aromatic rings. The van der Waals surface area contributed by atoms with Crippen molar-refractivity contribution >= 4 is 27.9 Å². The van der Waals surface area contributed by atoms with E-state index in [1.54, 1.807) is 0 Å². The molecule has 0 aliphatic carbocycles. The molecule has 0 N–H and O–H groups in total. The van der Waals surface area contributed by atoms with Crippen LogP contribution in [-0.2, 0) is 0 Å². The maximum atomic E-state index is 10.8. The van der Waals surface area contributed by atoms with Crippen LogP contribution >= 0.6 is 15.9 Å². The molecule has 3 nitrogen and oxygen atoms in total. The standard InChI is InChI=1S/C13H17BrN2O/c1-10-8-15(2)5-6-16(10)12-4-3-11(9-17)13(14)7-12/h3-4,7,9-10H,5-6,8H2,1-2H3. The van der Waals surface area contributed by atoms with Gasteiger partial charge in [0.25, 0.3) is 0 Å². The number of likely N-dealkylation sites (N-methyl/N-ethyl adjacent to an activating group) is 1. The highest BCUT2D eigenvalue weighted by Gasteiger charge is 2.21. The first kappa shape index (κ1) is 12.6. The lowest BCUT2D eigenvalue weighted by Gasteiger charge is -2.40. The summed E-state index contributed by atoms with van der Waals surface area (Å²) in [6, 6.07) is 6.43. The first-order chi connectivity index (χ1) is 8.11. The highest BCUT2D eigenvalue weighted by atomic mass is 79.9. The van der Waals surface area contributed by atoms with E-state index in [4.69, 9.17) is 0 Å². The van der Waals surface area contributed by atoms with E-state index in [9.17, 15) is 4.79 Å². The lowest BCUT2D eigenvalue weighted by molar-refractivity contribution is 0.112. The minimum absolute atomic E-state index is 0.503. The molecule has 2 rings (SSSR count). The van der Waals surface area contributed by atoms with Crippen molar-refractivity contribution in [3.63, 3.8) is 0 Å². The molecule has 92 valence electrons. The van der Waals surface area contributed by atoms with Crippen LogP contribution in [0.1, 0.15) is 17.3 Å². The molecule has 4 heteroatoms. The van der Waals surface area contributed by atoms with Gasteiger partial charge in [0.05, 0.1) is 0 Å². The van der Waals surface area contributed by atoms with E-state index in [1.807, 2.05) is 18.2 Å². The molecule has 1 saturated heterocycles.